The summed E-state index contributed by atoms with van der Waals surface area (Å²) in [6, 6.07) is 11.1. The lowest BCUT2D eigenvalue weighted by molar-refractivity contribution is -0.142. The SMILES string of the molecule is O=C(NO)C(O)C1CCC1S(=O)(=O)c1ccc(Oc2ccc(F)cc2)cc1. The number of hydrogen-bond donors (Lipinski definition) is 3. The Bertz CT molecular complexity index is 914. The molecule has 1 aliphatic carbocycles. The molecule has 0 spiro atoms. The van der Waals surface area contributed by atoms with Crippen molar-refractivity contribution < 1.29 is 32.7 Å². The lowest BCUT2D eigenvalue weighted by atomic mass is 9.80. The molecule has 7 nitrogen and oxygen atoms in total. The molecule has 3 rings (SSSR count). The molecule has 0 aliphatic heterocycles. The summed E-state index contributed by atoms with van der Waals surface area (Å²) in [7, 11) is -3.76. The highest BCUT2D eigenvalue weighted by Gasteiger charge is 2.47. The number of ether oxygens (including phenoxy) is 1. The maximum atomic E-state index is 12.9. The molecule has 0 bridgehead atoms. The van der Waals surface area contributed by atoms with Gasteiger partial charge in [-0.25, -0.2) is 18.3 Å². The zero-order valence-electron chi connectivity index (χ0n) is 14.1. The summed E-state index contributed by atoms with van der Waals surface area (Å²) >= 11 is 0. The van der Waals surface area contributed by atoms with Gasteiger partial charge in [-0.15, -0.1) is 0 Å². The van der Waals surface area contributed by atoms with Gasteiger partial charge >= 0.3 is 0 Å². The van der Waals surface area contributed by atoms with Crippen LogP contribution in [-0.2, 0) is 14.6 Å². The van der Waals surface area contributed by atoms with Crippen LogP contribution in [0.3, 0.4) is 0 Å². The lowest BCUT2D eigenvalue weighted by Crippen LogP contribution is -2.50. The van der Waals surface area contributed by atoms with E-state index < -0.39 is 38.8 Å². The van der Waals surface area contributed by atoms with Gasteiger partial charge < -0.3 is 9.84 Å². The molecule has 1 aliphatic rings. The van der Waals surface area contributed by atoms with Gasteiger partial charge in [-0.1, -0.05) is 0 Å². The number of benzene rings is 2. The maximum Gasteiger partial charge on any atom is 0.272 e. The summed E-state index contributed by atoms with van der Waals surface area (Å²) in [5.41, 5.74) is 1.34. The number of aliphatic hydroxyl groups is 1. The van der Waals surface area contributed by atoms with Gasteiger partial charge in [-0.05, 0) is 61.4 Å². The van der Waals surface area contributed by atoms with E-state index >= 15 is 0 Å². The highest BCUT2D eigenvalue weighted by molar-refractivity contribution is 7.92. The van der Waals surface area contributed by atoms with Crippen molar-refractivity contribution in [2.75, 3.05) is 0 Å². The molecule has 3 atom stereocenters. The molecular weight excluding hydrogens is 377 g/mol. The quantitative estimate of drug-likeness (QED) is 0.510. The molecule has 0 radical (unpaired) electrons. The topological polar surface area (TPSA) is 113 Å². The van der Waals surface area contributed by atoms with Crippen LogP contribution in [0.5, 0.6) is 11.5 Å². The second kappa shape index (κ2) is 7.63. The Morgan fingerprint density at radius 2 is 1.63 bits per heavy atom. The molecule has 2 aromatic carbocycles. The van der Waals surface area contributed by atoms with Gasteiger partial charge in [0.2, 0.25) is 0 Å². The van der Waals surface area contributed by atoms with E-state index in [1.165, 1.54) is 54.0 Å². The van der Waals surface area contributed by atoms with E-state index in [4.69, 9.17) is 9.94 Å². The van der Waals surface area contributed by atoms with E-state index in [0.717, 1.165) is 0 Å². The number of carbonyl (C=O) groups excluding carboxylic acids is 1. The summed E-state index contributed by atoms with van der Waals surface area (Å²) in [5, 5.41) is 17.6. The average Bonchev–Trinajstić information content (AvgIpc) is 2.62. The van der Waals surface area contributed by atoms with Crippen molar-refractivity contribution in [3.63, 3.8) is 0 Å². The van der Waals surface area contributed by atoms with Gasteiger partial charge in [-0.2, -0.15) is 0 Å². The van der Waals surface area contributed by atoms with Crippen LogP contribution in [0.25, 0.3) is 0 Å². The van der Waals surface area contributed by atoms with E-state index in [-0.39, 0.29) is 4.90 Å². The van der Waals surface area contributed by atoms with Crippen molar-refractivity contribution in [1.29, 1.82) is 0 Å². The number of aliphatic hydroxyl groups excluding tert-OH is 1. The van der Waals surface area contributed by atoms with E-state index in [2.05, 4.69) is 0 Å². The minimum atomic E-state index is -3.76. The first-order chi connectivity index (χ1) is 12.8. The molecule has 3 unspecified atom stereocenters. The summed E-state index contributed by atoms with van der Waals surface area (Å²) in [6.45, 7) is 0. The second-order valence-electron chi connectivity index (χ2n) is 6.27. The molecule has 0 heterocycles. The van der Waals surface area contributed by atoms with Crippen LogP contribution < -0.4 is 10.2 Å². The minimum absolute atomic E-state index is 0.0419. The van der Waals surface area contributed by atoms with E-state index in [1.807, 2.05) is 0 Å². The van der Waals surface area contributed by atoms with Crippen LogP contribution in [0.4, 0.5) is 4.39 Å². The molecule has 27 heavy (non-hydrogen) atoms. The van der Waals surface area contributed by atoms with Crippen LogP contribution in [0.15, 0.2) is 53.4 Å². The Balaban J connectivity index is 1.73. The van der Waals surface area contributed by atoms with E-state index in [9.17, 15) is 22.7 Å². The Morgan fingerprint density at radius 1 is 1.07 bits per heavy atom. The van der Waals surface area contributed by atoms with Gasteiger partial charge in [0.1, 0.15) is 23.4 Å². The Hall–Kier alpha value is -2.49. The van der Waals surface area contributed by atoms with Crippen molar-refractivity contribution in [3.8, 4) is 11.5 Å². The van der Waals surface area contributed by atoms with Crippen LogP contribution in [0, 0.1) is 11.7 Å². The number of amides is 1. The van der Waals surface area contributed by atoms with Crippen molar-refractivity contribution in [2.24, 2.45) is 5.92 Å². The third-order valence-corrected chi connectivity index (χ3v) is 6.96. The highest BCUT2D eigenvalue weighted by Crippen LogP contribution is 2.39. The molecular formula is C18H18FNO6S. The van der Waals surface area contributed by atoms with Gasteiger partial charge in [0.25, 0.3) is 5.91 Å². The monoisotopic (exact) mass is 395 g/mol. The second-order valence-corrected chi connectivity index (χ2v) is 8.44. The smallest absolute Gasteiger partial charge is 0.272 e. The normalized spacial score (nSPS) is 20.4. The van der Waals surface area contributed by atoms with Gasteiger partial charge in [-0.3, -0.25) is 10.0 Å². The third kappa shape index (κ3) is 3.95. The predicted octanol–water partition coefficient (Wildman–Crippen LogP) is 2.04. The van der Waals surface area contributed by atoms with Crippen molar-refractivity contribution in [2.45, 2.75) is 29.1 Å². The summed E-state index contributed by atoms with van der Waals surface area (Å²) in [4.78, 5) is 11.4. The molecule has 2 aromatic rings. The summed E-state index contributed by atoms with van der Waals surface area (Å²) in [6.07, 6.45) is -0.912. The highest BCUT2D eigenvalue weighted by atomic mass is 32.2. The maximum absolute atomic E-state index is 12.9. The van der Waals surface area contributed by atoms with Gasteiger partial charge in [0, 0.05) is 5.92 Å². The molecule has 0 saturated heterocycles. The lowest BCUT2D eigenvalue weighted by Gasteiger charge is -2.38. The van der Waals surface area contributed by atoms with Crippen molar-refractivity contribution in [1.82, 2.24) is 5.48 Å². The molecule has 1 amide bonds. The first kappa shape index (κ1) is 19.3. The molecule has 9 heteroatoms. The molecule has 3 N–H and O–H groups in total. The minimum Gasteiger partial charge on any atom is -0.457 e. The molecule has 0 aromatic heterocycles. The number of carbonyl (C=O) groups is 1. The zero-order valence-corrected chi connectivity index (χ0v) is 14.9. The Kier molecular flexibility index (Phi) is 5.45. The first-order valence-corrected chi connectivity index (χ1v) is 9.77. The fraction of sp³-hybridized carbons (Fsp3) is 0.278. The number of halogens is 1. The third-order valence-electron chi connectivity index (χ3n) is 4.65. The number of nitrogens with one attached hydrogen (secondary N) is 1. The molecule has 1 fully saturated rings. The zero-order chi connectivity index (χ0) is 19.6. The number of rotatable bonds is 6. The molecule has 1 saturated carbocycles. The number of hydrogen-bond acceptors (Lipinski definition) is 6. The number of hydroxylamine groups is 1. The molecule has 144 valence electrons. The fourth-order valence-electron chi connectivity index (χ4n) is 3.01. The summed E-state index contributed by atoms with van der Waals surface area (Å²) in [5.74, 6) is -1.41. The standard InChI is InChI=1S/C18H18FNO6S/c19-11-1-3-12(4-2-11)26-13-5-7-14(8-6-13)27(24,25)16-10-9-15(16)17(21)18(22)20-23/h1-8,15-17,21,23H,9-10H2,(H,20,22). The van der Waals surface area contributed by atoms with Crippen molar-refractivity contribution >= 4 is 15.7 Å². The van der Waals surface area contributed by atoms with Crippen LogP contribution in [0.1, 0.15) is 12.8 Å². The van der Waals surface area contributed by atoms with Gasteiger partial charge in [0.15, 0.2) is 9.84 Å². The van der Waals surface area contributed by atoms with E-state index in [0.29, 0.717) is 24.3 Å². The fourth-order valence-corrected chi connectivity index (χ4v) is 5.07. The largest absolute Gasteiger partial charge is 0.457 e. The van der Waals surface area contributed by atoms with Gasteiger partial charge in [0.05, 0.1) is 10.1 Å². The Labute approximate surface area is 155 Å². The van der Waals surface area contributed by atoms with Crippen LogP contribution in [-0.4, -0.2) is 36.0 Å². The summed E-state index contributed by atoms with van der Waals surface area (Å²) < 4.78 is 44.0. The number of sulfone groups is 1. The first-order valence-electron chi connectivity index (χ1n) is 8.22. The average molecular weight is 395 g/mol. The van der Waals surface area contributed by atoms with Crippen molar-refractivity contribution in [3.05, 3.63) is 54.3 Å². The van der Waals surface area contributed by atoms with Crippen LogP contribution >= 0.6 is 0 Å². The van der Waals surface area contributed by atoms with Crippen LogP contribution in [0.2, 0.25) is 0 Å². The predicted molar refractivity (Wildman–Crippen MR) is 92.5 cm³/mol. The Morgan fingerprint density at radius 3 is 2.11 bits per heavy atom. The van der Waals surface area contributed by atoms with E-state index in [1.54, 1.807) is 0 Å².